The highest BCUT2D eigenvalue weighted by molar-refractivity contribution is 8.01. The minimum atomic E-state index is -4.52. The second-order valence-corrected chi connectivity index (χ2v) is 10.3. The van der Waals surface area contributed by atoms with Crippen molar-refractivity contribution in [3.63, 3.8) is 0 Å². The van der Waals surface area contributed by atoms with Crippen molar-refractivity contribution in [1.29, 1.82) is 0 Å². The van der Waals surface area contributed by atoms with Crippen LogP contribution in [0.4, 0.5) is 0 Å². The van der Waals surface area contributed by atoms with Crippen LogP contribution in [-0.2, 0) is 34.4 Å². The summed E-state index contributed by atoms with van der Waals surface area (Å²) in [5.74, 6) is -1.75. The summed E-state index contributed by atoms with van der Waals surface area (Å²) in [6.45, 7) is 3.46. The fraction of sp³-hybridized carbons (Fsp3) is 0.471. The second-order valence-electron chi connectivity index (χ2n) is 7.03. The topological polar surface area (TPSA) is 122 Å². The number of hydrogen-bond donors (Lipinski definition) is 2. The maximum atomic E-state index is 12.6. The number of nitrogens with zero attached hydrogens (tertiary/aromatic N) is 1. The summed E-state index contributed by atoms with van der Waals surface area (Å²) in [6, 6.07) is 7.30. The minimum Gasteiger partial charge on any atom is -0.369 e. The van der Waals surface area contributed by atoms with Crippen LogP contribution in [0.5, 0.6) is 0 Å². The first kappa shape index (κ1) is 20.9. The zero-order valence-electron chi connectivity index (χ0n) is 15.5. The molecule has 152 valence electrons. The van der Waals surface area contributed by atoms with Crippen LogP contribution in [0.15, 0.2) is 30.3 Å². The molecule has 0 saturated carbocycles. The van der Waals surface area contributed by atoms with Crippen molar-refractivity contribution in [3.05, 3.63) is 35.9 Å². The Bertz CT molecular complexity index is 847. The molecule has 3 rings (SSSR count). The SMILES string of the molecule is COP(=O)(O)OC(=O)[C@@H]1N2C(=O)[C@@H](NC(=O)Cc3ccccc3)[C@H]2SC1(C)C. The molecule has 2 aliphatic heterocycles. The van der Waals surface area contributed by atoms with Gasteiger partial charge in [0, 0.05) is 11.9 Å². The Morgan fingerprint density at radius 2 is 1.96 bits per heavy atom. The van der Waals surface area contributed by atoms with Gasteiger partial charge in [0.15, 0.2) is 0 Å². The highest BCUT2D eigenvalue weighted by atomic mass is 32.2. The van der Waals surface area contributed by atoms with Gasteiger partial charge < -0.3 is 14.7 Å². The fourth-order valence-electron chi connectivity index (χ4n) is 3.33. The lowest BCUT2D eigenvalue weighted by molar-refractivity contribution is -0.160. The van der Waals surface area contributed by atoms with Crippen LogP contribution >= 0.6 is 19.6 Å². The molecule has 1 aromatic carbocycles. The summed E-state index contributed by atoms with van der Waals surface area (Å²) >= 11 is 1.33. The van der Waals surface area contributed by atoms with Gasteiger partial charge in [-0.05, 0) is 19.4 Å². The Morgan fingerprint density at radius 3 is 2.57 bits per heavy atom. The van der Waals surface area contributed by atoms with Crippen LogP contribution in [-0.4, -0.2) is 56.9 Å². The van der Waals surface area contributed by atoms with Crippen LogP contribution in [0, 0.1) is 0 Å². The number of β-lactam (4-membered cyclic amide) rings is 1. The van der Waals surface area contributed by atoms with Crippen molar-refractivity contribution in [3.8, 4) is 0 Å². The fourth-order valence-corrected chi connectivity index (χ4v) is 5.36. The van der Waals surface area contributed by atoms with Crippen molar-refractivity contribution < 1.29 is 32.9 Å². The Balaban J connectivity index is 1.68. The number of phosphoric ester groups is 1. The smallest absolute Gasteiger partial charge is 0.369 e. The molecule has 2 fully saturated rings. The summed E-state index contributed by atoms with van der Waals surface area (Å²) < 4.78 is 19.6. The van der Waals surface area contributed by atoms with E-state index in [1.165, 1.54) is 16.7 Å². The first-order valence-electron chi connectivity index (χ1n) is 8.51. The third-order valence-corrected chi connectivity index (χ3v) is 7.07. The van der Waals surface area contributed by atoms with Gasteiger partial charge in [-0.15, -0.1) is 11.8 Å². The van der Waals surface area contributed by atoms with E-state index in [4.69, 9.17) is 0 Å². The van der Waals surface area contributed by atoms with Crippen LogP contribution in [0.3, 0.4) is 0 Å². The van der Waals surface area contributed by atoms with Crippen molar-refractivity contribution in [2.45, 2.75) is 42.5 Å². The molecule has 2 aliphatic rings. The normalized spacial score (nSPS) is 27.4. The van der Waals surface area contributed by atoms with Crippen LogP contribution < -0.4 is 5.32 Å². The van der Waals surface area contributed by atoms with Gasteiger partial charge in [-0.3, -0.25) is 19.0 Å². The Kier molecular flexibility index (Phi) is 5.60. The van der Waals surface area contributed by atoms with E-state index in [-0.39, 0.29) is 12.3 Å². The number of carbonyl (C=O) groups is 3. The molecule has 2 amide bonds. The first-order chi connectivity index (χ1) is 13.1. The number of hydrogen-bond acceptors (Lipinski definition) is 7. The number of rotatable bonds is 6. The van der Waals surface area contributed by atoms with E-state index in [1.54, 1.807) is 13.8 Å². The average Bonchev–Trinajstić information content (AvgIpc) is 2.88. The van der Waals surface area contributed by atoms with Gasteiger partial charge in [0.2, 0.25) is 11.8 Å². The Hall–Kier alpha value is -1.87. The summed E-state index contributed by atoms with van der Waals surface area (Å²) in [5.41, 5.74) is 0.822. The summed E-state index contributed by atoms with van der Waals surface area (Å²) in [7, 11) is -3.58. The summed E-state index contributed by atoms with van der Waals surface area (Å²) in [4.78, 5) is 48.0. The molecule has 0 aliphatic carbocycles. The molecule has 1 unspecified atom stereocenters. The molecule has 28 heavy (non-hydrogen) atoms. The van der Waals surface area contributed by atoms with Crippen LogP contribution in [0.2, 0.25) is 0 Å². The van der Waals surface area contributed by atoms with E-state index in [0.717, 1.165) is 12.7 Å². The number of fused-ring (bicyclic) bond motifs is 1. The third kappa shape index (κ3) is 3.96. The van der Waals surface area contributed by atoms with Crippen LogP contribution in [0.25, 0.3) is 0 Å². The van der Waals surface area contributed by atoms with E-state index in [2.05, 4.69) is 14.4 Å². The highest BCUT2D eigenvalue weighted by Gasteiger charge is 2.65. The number of benzene rings is 1. The lowest BCUT2D eigenvalue weighted by Crippen LogP contribution is -2.70. The van der Waals surface area contributed by atoms with Gasteiger partial charge in [-0.25, -0.2) is 9.36 Å². The van der Waals surface area contributed by atoms with E-state index in [1.807, 2.05) is 30.3 Å². The molecule has 2 saturated heterocycles. The van der Waals surface area contributed by atoms with Gasteiger partial charge in [0.25, 0.3) is 0 Å². The van der Waals surface area contributed by atoms with Crippen molar-refractivity contribution in [1.82, 2.24) is 10.2 Å². The molecule has 2 N–H and O–H groups in total. The van der Waals surface area contributed by atoms with E-state index in [9.17, 15) is 23.8 Å². The standard InChI is InChI=1S/C17H21N2O7PS/c1-17(2)13(16(22)26-27(23,24)25-3)19-14(21)12(15(19)28-17)18-11(20)9-10-7-5-4-6-8-10/h4-8,12-13,15H,9H2,1-3H3,(H,18,20)(H,23,24)/t12-,13+,15-/m1/s1. The molecule has 0 aromatic heterocycles. The summed E-state index contributed by atoms with van der Waals surface area (Å²) in [6.07, 6.45) is 0.137. The van der Waals surface area contributed by atoms with E-state index in [0.29, 0.717) is 0 Å². The summed E-state index contributed by atoms with van der Waals surface area (Å²) in [5, 5.41) is 2.25. The number of carbonyl (C=O) groups excluding carboxylic acids is 3. The van der Waals surface area contributed by atoms with Crippen molar-refractivity contribution in [2.24, 2.45) is 0 Å². The van der Waals surface area contributed by atoms with Gasteiger partial charge in [0.05, 0.1) is 6.42 Å². The molecule has 11 heteroatoms. The van der Waals surface area contributed by atoms with Gasteiger partial charge in [0.1, 0.15) is 17.5 Å². The van der Waals surface area contributed by atoms with Crippen LogP contribution in [0.1, 0.15) is 19.4 Å². The predicted molar refractivity (Wildman–Crippen MR) is 101 cm³/mol. The second kappa shape index (κ2) is 7.51. The Labute approximate surface area is 166 Å². The van der Waals surface area contributed by atoms with E-state index < -0.39 is 41.9 Å². The maximum absolute atomic E-state index is 12.6. The van der Waals surface area contributed by atoms with Gasteiger partial charge in [-0.2, -0.15) is 0 Å². The van der Waals surface area contributed by atoms with Crippen molar-refractivity contribution >= 4 is 37.4 Å². The molecular weight excluding hydrogens is 407 g/mol. The molecular formula is C17H21N2O7PS. The monoisotopic (exact) mass is 428 g/mol. The first-order valence-corrected chi connectivity index (χ1v) is 10.9. The average molecular weight is 428 g/mol. The quantitative estimate of drug-likeness (QED) is 0.510. The lowest BCUT2D eigenvalue weighted by atomic mass is 9.96. The zero-order valence-corrected chi connectivity index (χ0v) is 17.2. The molecule has 4 atom stereocenters. The van der Waals surface area contributed by atoms with Gasteiger partial charge in [-0.1, -0.05) is 30.3 Å². The number of nitrogens with one attached hydrogen (secondary N) is 1. The molecule has 0 spiro atoms. The molecule has 2 heterocycles. The van der Waals surface area contributed by atoms with Crippen molar-refractivity contribution in [2.75, 3.05) is 7.11 Å². The highest BCUT2D eigenvalue weighted by Crippen LogP contribution is 2.53. The Morgan fingerprint density at radius 1 is 1.32 bits per heavy atom. The number of phosphoric acid groups is 1. The predicted octanol–water partition coefficient (Wildman–Crippen LogP) is 1.07. The lowest BCUT2D eigenvalue weighted by Gasteiger charge is -2.43. The largest absolute Gasteiger partial charge is 0.529 e. The molecule has 9 nitrogen and oxygen atoms in total. The molecule has 1 aromatic rings. The molecule has 0 bridgehead atoms. The molecule has 0 radical (unpaired) electrons. The minimum absolute atomic E-state index is 0.137. The third-order valence-electron chi connectivity index (χ3n) is 4.62. The van der Waals surface area contributed by atoms with E-state index >= 15 is 0 Å². The van der Waals surface area contributed by atoms with Gasteiger partial charge >= 0.3 is 13.8 Å². The maximum Gasteiger partial charge on any atom is 0.529 e. The zero-order chi connectivity index (χ0) is 20.7. The number of amides is 2. The number of thioether (sulfide) groups is 1.